The third-order valence-corrected chi connectivity index (χ3v) is 4.03. The summed E-state index contributed by atoms with van der Waals surface area (Å²) in [4.78, 5) is 11.2. The van der Waals surface area contributed by atoms with Crippen molar-refractivity contribution >= 4 is 24.4 Å². The molecule has 0 bridgehead atoms. The molecule has 1 aromatic heterocycles. The Morgan fingerprint density at radius 1 is 1.14 bits per heavy atom. The number of aromatic nitrogens is 3. The molecule has 0 amide bonds. The van der Waals surface area contributed by atoms with E-state index in [1.54, 1.807) is 31.5 Å². The van der Waals surface area contributed by atoms with Gasteiger partial charge in [0.15, 0.2) is 17.3 Å². The maximum atomic E-state index is 11.2. The van der Waals surface area contributed by atoms with Crippen LogP contribution >= 0.6 is 12.2 Å². The molecule has 3 rings (SSSR count). The Bertz CT molecular complexity index is 1090. The van der Waals surface area contributed by atoms with Crippen molar-refractivity contribution in [3.05, 3.63) is 52.8 Å². The summed E-state index contributed by atoms with van der Waals surface area (Å²) < 4.78 is 17.6. The van der Waals surface area contributed by atoms with Crippen LogP contribution in [-0.2, 0) is 4.79 Å². The van der Waals surface area contributed by atoms with Crippen LogP contribution in [-0.4, -0.2) is 41.3 Å². The Morgan fingerprint density at radius 3 is 2.61 bits per heavy atom. The Labute approximate surface area is 166 Å². The van der Waals surface area contributed by atoms with Gasteiger partial charge >= 0.3 is 5.97 Å². The van der Waals surface area contributed by atoms with E-state index < -0.39 is 5.97 Å². The number of nitrogens with zero attached hydrogens (tertiary/aromatic N) is 3. The van der Waals surface area contributed by atoms with Crippen molar-refractivity contribution < 1.29 is 19.0 Å². The van der Waals surface area contributed by atoms with Gasteiger partial charge in [0.05, 0.1) is 26.0 Å². The number of aromatic amines is 1. The maximum Gasteiger partial charge on any atom is 0.308 e. The van der Waals surface area contributed by atoms with E-state index in [4.69, 9.17) is 26.4 Å². The average molecular weight is 398 g/mol. The van der Waals surface area contributed by atoms with Crippen molar-refractivity contribution in [1.29, 1.82) is 0 Å². The number of carbonyl (C=O) groups is 1. The fourth-order valence-electron chi connectivity index (χ4n) is 2.53. The number of para-hydroxylation sites is 1. The van der Waals surface area contributed by atoms with E-state index in [0.717, 1.165) is 11.1 Å². The summed E-state index contributed by atoms with van der Waals surface area (Å²) in [5, 5.41) is 11.4. The number of ether oxygens (including phenoxy) is 3. The van der Waals surface area contributed by atoms with Crippen molar-refractivity contribution in [1.82, 2.24) is 14.9 Å². The second kappa shape index (κ2) is 8.49. The number of carbonyl (C=O) groups excluding carboxylic acids is 1. The molecule has 0 atom stereocenters. The van der Waals surface area contributed by atoms with E-state index in [-0.39, 0.29) is 0 Å². The Kier molecular flexibility index (Phi) is 5.85. The molecular formula is C19H18N4O4S. The molecular weight excluding hydrogens is 380 g/mol. The summed E-state index contributed by atoms with van der Waals surface area (Å²) in [6, 6.07) is 12.5. The molecule has 144 valence electrons. The van der Waals surface area contributed by atoms with Crippen LogP contribution < -0.4 is 14.2 Å². The van der Waals surface area contributed by atoms with Gasteiger partial charge in [-0.05, 0) is 48.1 Å². The SMILES string of the molecule is COc1cc(C=Nn2c(-c3ccccc3OC)n[nH]c2=S)ccc1OC(C)=O. The smallest absolute Gasteiger partial charge is 0.308 e. The predicted molar refractivity (Wildman–Crippen MR) is 107 cm³/mol. The molecule has 8 nitrogen and oxygen atoms in total. The number of rotatable bonds is 6. The largest absolute Gasteiger partial charge is 0.496 e. The van der Waals surface area contributed by atoms with Crippen LogP contribution in [0, 0.1) is 4.77 Å². The topological polar surface area (TPSA) is 90.7 Å². The number of H-pyrrole nitrogens is 1. The molecule has 0 fully saturated rings. The summed E-state index contributed by atoms with van der Waals surface area (Å²) in [6.45, 7) is 1.33. The molecule has 1 heterocycles. The third kappa shape index (κ3) is 4.09. The molecule has 0 aliphatic carbocycles. The minimum Gasteiger partial charge on any atom is -0.496 e. The van der Waals surface area contributed by atoms with Gasteiger partial charge in [-0.15, -0.1) is 0 Å². The number of hydrogen-bond acceptors (Lipinski definition) is 7. The van der Waals surface area contributed by atoms with Crippen LogP contribution in [0.5, 0.6) is 17.2 Å². The lowest BCUT2D eigenvalue weighted by molar-refractivity contribution is -0.132. The summed E-state index contributed by atoms with van der Waals surface area (Å²) in [6.07, 6.45) is 1.60. The third-order valence-electron chi connectivity index (χ3n) is 3.76. The first-order chi connectivity index (χ1) is 13.5. The molecule has 28 heavy (non-hydrogen) atoms. The molecule has 2 aromatic carbocycles. The minimum atomic E-state index is -0.425. The van der Waals surface area contributed by atoms with Crippen LogP contribution in [0.2, 0.25) is 0 Å². The number of nitrogens with one attached hydrogen (secondary N) is 1. The molecule has 0 unspecified atom stereocenters. The quantitative estimate of drug-likeness (QED) is 0.296. The van der Waals surface area contributed by atoms with E-state index in [2.05, 4.69) is 15.3 Å². The number of hydrogen-bond donors (Lipinski definition) is 1. The lowest BCUT2D eigenvalue weighted by Gasteiger charge is -2.08. The van der Waals surface area contributed by atoms with Crippen LogP contribution in [0.25, 0.3) is 11.4 Å². The second-order valence-corrected chi connectivity index (χ2v) is 6.00. The first kappa shape index (κ1) is 19.3. The van der Waals surface area contributed by atoms with Gasteiger partial charge < -0.3 is 14.2 Å². The fraction of sp³-hybridized carbons (Fsp3) is 0.158. The van der Waals surface area contributed by atoms with E-state index in [1.807, 2.05) is 24.3 Å². The molecule has 0 saturated heterocycles. The van der Waals surface area contributed by atoms with E-state index in [0.29, 0.717) is 27.8 Å². The van der Waals surface area contributed by atoms with Crippen molar-refractivity contribution in [3.63, 3.8) is 0 Å². The van der Waals surface area contributed by atoms with E-state index in [1.165, 1.54) is 18.7 Å². The maximum absolute atomic E-state index is 11.2. The highest BCUT2D eigenvalue weighted by Crippen LogP contribution is 2.29. The highest BCUT2D eigenvalue weighted by Gasteiger charge is 2.13. The summed E-state index contributed by atoms with van der Waals surface area (Å²) in [7, 11) is 3.08. The molecule has 1 N–H and O–H groups in total. The normalized spacial score (nSPS) is 10.8. The zero-order valence-corrected chi connectivity index (χ0v) is 16.3. The summed E-state index contributed by atoms with van der Waals surface area (Å²) in [5.74, 6) is 1.50. The minimum absolute atomic E-state index is 0.334. The number of benzene rings is 2. The van der Waals surface area contributed by atoms with Crippen LogP contribution in [0.15, 0.2) is 47.6 Å². The first-order valence-corrected chi connectivity index (χ1v) is 8.66. The summed E-state index contributed by atoms with van der Waals surface area (Å²) in [5.41, 5.74) is 1.47. The van der Waals surface area contributed by atoms with Crippen molar-refractivity contribution in [2.24, 2.45) is 5.10 Å². The highest BCUT2D eigenvalue weighted by molar-refractivity contribution is 7.71. The van der Waals surface area contributed by atoms with Crippen molar-refractivity contribution in [2.75, 3.05) is 14.2 Å². The van der Waals surface area contributed by atoms with Gasteiger partial charge in [0.1, 0.15) is 5.75 Å². The number of methoxy groups -OCH3 is 2. The van der Waals surface area contributed by atoms with E-state index >= 15 is 0 Å². The van der Waals surface area contributed by atoms with Gasteiger partial charge in [-0.2, -0.15) is 14.9 Å². The lowest BCUT2D eigenvalue weighted by Crippen LogP contribution is -2.03. The fourth-order valence-corrected chi connectivity index (χ4v) is 2.71. The van der Waals surface area contributed by atoms with Crippen molar-refractivity contribution in [2.45, 2.75) is 6.92 Å². The average Bonchev–Trinajstić information content (AvgIpc) is 3.07. The summed E-state index contributed by atoms with van der Waals surface area (Å²) >= 11 is 5.29. The second-order valence-electron chi connectivity index (χ2n) is 5.61. The van der Waals surface area contributed by atoms with Crippen LogP contribution in [0.4, 0.5) is 0 Å². The number of esters is 1. The standard InChI is InChI=1S/C19H18N4O4S/c1-12(24)27-16-9-8-13(10-17(16)26-3)11-20-23-18(21-22-19(23)28)14-6-4-5-7-15(14)25-2/h4-11H,1-3H3,(H,22,28). The monoisotopic (exact) mass is 398 g/mol. The van der Waals surface area contributed by atoms with Gasteiger partial charge in [-0.3, -0.25) is 4.79 Å². The van der Waals surface area contributed by atoms with Gasteiger partial charge in [0.25, 0.3) is 0 Å². The molecule has 0 aliphatic rings. The van der Waals surface area contributed by atoms with E-state index in [9.17, 15) is 4.79 Å². The molecule has 9 heteroatoms. The highest BCUT2D eigenvalue weighted by atomic mass is 32.1. The molecule has 3 aromatic rings. The van der Waals surface area contributed by atoms with Crippen LogP contribution in [0.3, 0.4) is 0 Å². The molecule has 0 saturated carbocycles. The van der Waals surface area contributed by atoms with Crippen LogP contribution in [0.1, 0.15) is 12.5 Å². The predicted octanol–water partition coefficient (Wildman–Crippen LogP) is 3.43. The Hall–Kier alpha value is -3.46. The zero-order chi connectivity index (χ0) is 20.1. The molecule has 0 radical (unpaired) electrons. The van der Waals surface area contributed by atoms with Gasteiger partial charge in [0.2, 0.25) is 4.77 Å². The van der Waals surface area contributed by atoms with Gasteiger partial charge in [-0.1, -0.05) is 12.1 Å². The Morgan fingerprint density at radius 2 is 1.89 bits per heavy atom. The molecule has 0 aliphatic heterocycles. The Balaban J connectivity index is 1.97. The first-order valence-electron chi connectivity index (χ1n) is 8.25. The molecule has 0 spiro atoms. The lowest BCUT2D eigenvalue weighted by atomic mass is 10.2. The van der Waals surface area contributed by atoms with Gasteiger partial charge in [-0.25, -0.2) is 5.10 Å². The zero-order valence-electron chi connectivity index (χ0n) is 15.5. The van der Waals surface area contributed by atoms with Gasteiger partial charge in [0, 0.05) is 6.92 Å². The van der Waals surface area contributed by atoms with Crippen molar-refractivity contribution in [3.8, 4) is 28.6 Å².